The Hall–Kier alpha value is -1.08. The molecule has 0 rings (SSSR count). The zero-order valence-corrected chi connectivity index (χ0v) is 5.79. The van der Waals surface area contributed by atoms with Crippen LogP contribution in [0, 0.1) is 11.3 Å². The molecule has 56 valence electrons. The predicted molar refractivity (Wildman–Crippen MR) is 32.8 cm³/mol. The molecule has 4 heteroatoms. The van der Waals surface area contributed by atoms with Gasteiger partial charge < -0.3 is 9.47 Å². The number of nitriles is 1. The Bertz CT molecular complexity index is 138. The first-order chi connectivity index (χ1) is 4.77. The maximum Gasteiger partial charge on any atom is 0.304 e. The van der Waals surface area contributed by atoms with Gasteiger partial charge in [-0.25, -0.2) is 0 Å². The van der Waals surface area contributed by atoms with Crippen LogP contribution >= 0.6 is 0 Å². The lowest BCUT2D eigenvalue weighted by Crippen LogP contribution is -2.04. The van der Waals surface area contributed by atoms with Crippen LogP contribution in [0.5, 0.6) is 0 Å². The Morgan fingerprint density at radius 2 is 2.40 bits per heavy atom. The minimum atomic E-state index is -0.378. The molecule has 10 heavy (non-hydrogen) atoms. The van der Waals surface area contributed by atoms with Crippen molar-refractivity contribution in [2.45, 2.75) is 13.3 Å². The summed E-state index contributed by atoms with van der Waals surface area (Å²) in [5, 5.41) is 8.04. The number of carbonyl (C=O) groups excluding carboxylic acids is 1. The molecule has 0 saturated carbocycles. The zero-order chi connectivity index (χ0) is 7.82. The van der Waals surface area contributed by atoms with E-state index in [4.69, 9.17) is 10.00 Å². The molecule has 0 N–H and O–H groups in total. The SMILES string of the molecule is CC(=O)OCOCCC#N. The van der Waals surface area contributed by atoms with Crippen molar-refractivity contribution in [3.05, 3.63) is 0 Å². The molecule has 0 fully saturated rings. The van der Waals surface area contributed by atoms with Gasteiger partial charge in [0.05, 0.1) is 19.1 Å². The molecule has 0 radical (unpaired) electrons. The first-order valence-electron chi connectivity index (χ1n) is 2.85. The van der Waals surface area contributed by atoms with Crippen molar-refractivity contribution in [1.82, 2.24) is 0 Å². The second-order valence-electron chi connectivity index (χ2n) is 1.57. The van der Waals surface area contributed by atoms with Crippen LogP contribution in [0.1, 0.15) is 13.3 Å². The fraction of sp³-hybridized carbons (Fsp3) is 0.667. The molecule has 0 heterocycles. The van der Waals surface area contributed by atoms with Gasteiger partial charge in [-0.2, -0.15) is 5.26 Å². The Labute approximate surface area is 59.3 Å². The lowest BCUT2D eigenvalue weighted by Gasteiger charge is -1.99. The Morgan fingerprint density at radius 3 is 2.90 bits per heavy atom. The fourth-order valence-corrected chi connectivity index (χ4v) is 0.301. The van der Waals surface area contributed by atoms with E-state index in [0.717, 1.165) is 0 Å². The van der Waals surface area contributed by atoms with Gasteiger partial charge in [0.25, 0.3) is 0 Å². The summed E-state index contributed by atoms with van der Waals surface area (Å²) in [7, 11) is 0. The van der Waals surface area contributed by atoms with E-state index in [1.807, 2.05) is 6.07 Å². The normalized spacial score (nSPS) is 8.40. The summed E-state index contributed by atoms with van der Waals surface area (Å²) in [6, 6.07) is 1.89. The zero-order valence-electron chi connectivity index (χ0n) is 5.79. The molecule has 0 atom stereocenters. The molecule has 0 unspecified atom stereocenters. The van der Waals surface area contributed by atoms with Crippen LogP contribution in [-0.2, 0) is 14.3 Å². The molecular formula is C6H9NO3. The van der Waals surface area contributed by atoms with Gasteiger partial charge in [0.1, 0.15) is 0 Å². The standard InChI is InChI=1S/C6H9NO3/c1-6(8)10-5-9-4-2-3-7/h2,4-5H2,1H3. The van der Waals surface area contributed by atoms with Gasteiger partial charge in [0, 0.05) is 6.92 Å². The third-order valence-electron chi connectivity index (χ3n) is 0.704. The third-order valence-corrected chi connectivity index (χ3v) is 0.704. The van der Waals surface area contributed by atoms with Crippen LogP contribution in [0.2, 0.25) is 0 Å². The Morgan fingerprint density at radius 1 is 1.70 bits per heavy atom. The molecule has 0 aromatic heterocycles. The lowest BCUT2D eigenvalue weighted by molar-refractivity contribution is -0.153. The molecule has 0 aromatic rings. The minimum Gasteiger partial charge on any atom is -0.439 e. The van der Waals surface area contributed by atoms with Crippen LogP contribution in [0.15, 0.2) is 0 Å². The van der Waals surface area contributed by atoms with E-state index in [1.54, 1.807) is 0 Å². The van der Waals surface area contributed by atoms with Gasteiger partial charge in [-0.05, 0) is 0 Å². The van der Waals surface area contributed by atoms with Gasteiger partial charge in [-0.3, -0.25) is 4.79 Å². The number of hydrogen-bond acceptors (Lipinski definition) is 4. The highest BCUT2D eigenvalue weighted by molar-refractivity contribution is 5.65. The summed E-state index contributed by atoms with van der Waals surface area (Å²) in [5.74, 6) is -0.378. The molecule has 0 aliphatic rings. The quantitative estimate of drug-likeness (QED) is 0.325. The van der Waals surface area contributed by atoms with E-state index in [0.29, 0.717) is 13.0 Å². The summed E-state index contributed by atoms with van der Waals surface area (Å²) in [5.41, 5.74) is 0. The van der Waals surface area contributed by atoms with Gasteiger partial charge in [-0.15, -0.1) is 0 Å². The summed E-state index contributed by atoms with van der Waals surface area (Å²) >= 11 is 0. The van der Waals surface area contributed by atoms with Crippen LogP contribution in [0.25, 0.3) is 0 Å². The predicted octanol–water partition coefficient (Wildman–Crippen LogP) is 0.437. The smallest absolute Gasteiger partial charge is 0.304 e. The highest BCUT2D eigenvalue weighted by atomic mass is 16.7. The lowest BCUT2D eigenvalue weighted by atomic mass is 10.5. The molecular weight excluding hydrogens is 134 g/mol. The Balaban J connectivity index is 2.92. The first kappa shape index (κ1) is 8.92. The first-order valence-corrected chi connectivity index (χ1v) is 2.85. The molecule has 0 aliphatic heterocycles. The van der Waals surface area contributed by atoms with Crippen molar-refractivity contribution in [1.29, 1.82) is 5.26 Å². The van der Waals surface area contributed by atoms with Crippen molar-refractivity contribution in [3.63, 3.8) is 0 Å². The van der Waals surface area contributed by atoms with Crippen molar-refractivity contribution in [2.75, 3.05) is 13.4 Å². The van der Waals surface area contributed by atoms with E-state index in [-0.39, 0.29) is 12.8 Å². The van der Waals surface area contributed by atoms with Gasteiger partial charge in [0.15, 0.2) is 6.79 Å². The van der Waals surface area contributed by atoms with Crippen LogP contribution in [0.4, 0.5) is 0 Å². The van der Waals surface area contributed by atoms with Crippen molar-refractivity contribution < 1.29 is 14.3 Å². The van der Waals surface area contributed by atoms with Gasteiger partial charge in [-0.1, -0.05) is 0 Å². The molecule has 4 nitrogen and oxygen atoms in total. The molecule has 0 aliphatic carbocycles. The van der Waals surface area contributed by atoms with Crippen LogP contribution in [0.3, 0.4) is 0 Å². The molecule has 0 aromatic carbocycles. The second kappa shape index (κ2) is 6.05. The van der Waals surface area contributed by atoms with E-state index in [1.165, 1.54) is 6.92 Å². The maximum absolute atomic E-state index is 10.1. The maximum atomic E-state index is 10.1. The number of esters is 1. The van der Waals surface area contributed by atoms with Gasteiger partial charge in [0.2, 0.25) is 0 Å². The van der Waals surface area contributed by atoms with Crippen molar-refractivity contribution >= 4 is 5.97 Å². The number of rotatable bonds is 4. The molecule has 0 amide bonds. The van der Waals surface area contributed by atoms with E-state index >= 15 is 0 Å². The van der Waals surface area contributed by atoms with Crippen LogP contribution < -0.4 is 0 Å². The monoisotopic (exact) mass is 143 g/mol. The van der Waals surface area contributed by atoms with Gasteiger partial charge >= 0.3 is 5.97 Å². The summed E-state index contributed by atoms with van der Waals surface area (Å²) in [4.78, 5) is 10.1. The highest BCUT2D eigenvalue weighted by Crippen LogP contribution is 1.81. The summed E-state index contributed by atoms with van der Waals surface area (Å²) in [6.45, 7) is 1.55. The molecule has 0 saturated heterocycles. The van der Waals surface area contributed by atoms with E-state index in [9.17, 15) is 4.79 Å². The number of carbonyl (C=O) groups is 1. The highest BCUT2D eigenvalue weighted by Gasteiger charge is 1.90. The minimum absolute atomic E-state index is 0.0585. The Kier molecular flexibility index (Phi) is 5.39. The van der Waals surface area contributed by atoms with Crippen molar-refractivity contribution in [2.24, 2.45) is 0 Å². The molecule has 0 spiro atoms. The molecule has 0 bridgehead atoms. The fourth-order valence-electron chi connectivity index (χ4n) is 0.301. The average molecular weight is 143 g/mol. The largest absolute Gasteiger partial charge is 0.439 e. The number of ether oxygens (including phenoxy) is 2. The van der Waals surface area contributed by atoms with Crippen LogP contribution in [-0.4, -0.2) is 19.4 Å². The van der Waals surface area contributed by atoms with E-state index in [2.05, 4.69) is 4.74 Å². The second-order valence-corrected chi connectivity index (χ2v) is 1.57. The van der Waals surface area contributed by atoms with Crippen molar-refractivity contribution in [3.8, 4) is 6.07 Å². The number of hydrogen-bond donors (Lipinski definition) is 0. The topological polar surface area (TPSA) is 59.3 Å². The summed E-state index contributed by atoms with van der Waals surface area (Å²) in [6.07, 6.45) is 0.321. The summed E-state index contributed by atoms with van der Waals surface area (Å²) < 4.78 is 9.14. The average Bonchev–Trinajstić information content (AvgIpc) is 1.87. The number of nitrogens with zero attached hydrogens (tertiary/aromatic N) is 1. The van der Waals surface area contributed by atoms with E-state index < -0.39 is 0 Å². The third kappa shape index (κ3) is 6.92.